The first kappa shape index (κ1) is 12.8. The maximum atomic E-state index is 11.4. The van der Waals surface area contributed by atoms with Crippen LogP contribution in [0, 0.1) is 6.92 Å². The van der Waals surface area contributed by atoms with E-state index in [1.54, 1.807) is 20.1 Å². The monoisotopic (exact) mass is 242 g/mol. The molecule has 0 atom stereocenters. The highest BCUT2D eigenvalue weighted by Crippen LogP contribution is 2.28. The number of hydrogen-bond acceptors (Lipinski definition) is 3. The summed E-state index contributed by atoms with van der Waals surface area (Å²) in [4.78, 5) is 11.4. The number of rotatable bonds is 4. The van der Waals surface area contributed by atoms with Crippen LogP contribution in [0.1, 0.15) is 18.1 Å². The molecule has 0 spiro atoms. The predicted molar refractivity (Wildman–Crippen MR) is 63.1 cm³/mol. The topological polar surface area (TPSA) is 35.5 Å². The van der Waals surface area contributed by atoms with Crippen molar-refractivity contribution in [3.8, 4) is 5.75 Å². The molecule has 88 valence electrons. The number of carbonyl (C=O) groups excluding carboxylic acids is 1. The number of esters is 1. The van der Waals surface area contributed by atoms with Gasteiger partial charge in [-0.05, 0) is 31.5 Å². The highest BCUT2D eigenvalue weighted by Gasteiger charge is 2.13. The first-order chi connectivity index (χ1) is 7.58. The number of carbonyl (C=O) groups is 1. The van der Waals surface area contributed by atoms with E-state index in [-0.39, 0.29) is 12.4 Å². The summed E-state index contributed by atoms with van der Waals surface area (Å²) < 4.78 is 10.1. The van der Waals surface area contributed by atoms with Gasteiger partial charge >= 0.3 is 5.97 Å². The van der Waals surface area contributed by atoms with Crippen molar-refractivity contribution in [2.75, 3.05) is 13.7 Å². The predicted octanol–water partition coefficient (Wildman–Crippen LogP) is 2.76. The van der Waals surface area contributed by atoms with Gasteiger partial charge in [-0.25, -0.2) is 0 Å². The SMILES string of the molecule is CCOC(=O)Cc1c(Cl)cc(C)cc1OC. The zero-order chi connectivity index (χ0) is 12.1. The fraction of sp³-hybridized carbons (Fsp3) is 0.417. The summed E-state index contributed by atoms with van der Waals surface area (Å²) in [5.41, 5.74) is 1.67. The standard InChI is InChI=1S/C12H15ClO3/c1-4-16-12(14)7-9-10(13)5-8(2)6-11(9)15-3/h5-6H,4,7H2,1-3H3. The molecule has 0 unspecified atom stereocenters. The van der Waals surface area contributed by atoms with Crippen LogP contribution >= 0.6 is 11.6 Å². The Bertz CT molecular complexity index is 388. The fourth-order valence-corrected chi connectivity index (χ4v) is 1.78. The van der Waals surface area contributed by atoms with Crippen LogP contribution in [0.4, 0.5) is 0 Å². The van der Waals surface area contributed by atoms with Gasteiger partial charge in [0.25, 0.3) is 0 Å². The quantitative estimate of drug-likeness (QED) is 0.762. The van der Waals surface area contributed by atoms with Crippen molar-refractivity contribution >= 4 is 17.6 Å². The van der Waals surface area contributed by atoms with Gasteiger partial charge in [0, 0.05) is 10.6 Å². The Kier molecular flexibility index (Phi) is 4.62. The van der Waals surface area contributed by atoms with Crippen LogP contribution in [-0.2, 0) is 16.0 Å². The average molecular weight is 243 g/mol. The minimum atomic E-state index is -0.299. The van der Waals surface area contributed by atoms with Gasteiger partial charge in [0.15, 0.2) is 0 Å². The molecular formula is C12H15ClO3. The molecule has 0 aliphatic rings. The van der Waals surface area contributed by atoms with Gasteiger partial charge in [0.05, 0.1) is 20.1 Å². The van der Waals surface area contributed by atoms with Crippen LogP contribution in [0.25, 0.3) is 0 Å². The third-order valence-electron chi connectivity index (χ3n) is 2.15. The zero-order valence-corrected chi connectivity index (χ0v) is 10.4. The number of hydrogen-bond donors (Lipinski definition) is 0. The second kappa shape index (κ2) is 5.75. The molecule has 0 bridgehead atoms. The average Bonchev–Trinajstić information content (AvgIpc) is 2.22. The van der Waals surface area contributed by atoms with Crippen molar-refractivity contribution in [3.05, 3.63) is 28.3 Å². The van der Waals surface area contributed by atoms with Crippen molar-refractivity contribution in [2.45, 2.75) is 20.3 Å². The molecule has 0 N–H and O–H groups in total. The van der Waals surface area contributed by atoms with Crippen LogP contribution in [0.2, 0.25) is 5.02 Å². The van der Waals surface area contributed by atoms with E-state index in [2.05, 4.69) is 0 Å². The summed E-state index contributed by atoms with van der Waals surface area (Å²) in [6.07, 6.45) is 0.135. The molecular weight excluding hydrogens is 228 g/mol. The number of ether oxygens (including phenoxy) is 2. The van der Waals surface area contributed by atoms with Gasteiger partial charge in [-0.1, -0.05) is 11.6 Å². The molecule has 4 heteroatoms. The van der Waals surface area contributed by atoms with Crippen molar-refractivity contribution in [2.24, 2.45) is 0 Å². The molecule has 16 heavy (non-hydrogen) atoms. The number of aryl methyl sites for hydroxylation is 1. The van der Waals surface area contributed by atoms with Crippen LogP contribution in [0.3, 0.4) is 0 Å². The van der Waals surface area contributed by atoms with Crippen LogP contribution in [0.5, 0.6) is 5.75 Å². The van der Waals surface area contributed by atoms with E-state index >= 15 is 0 Å². The Morgan fingerprint density at radius 1 is 1.44 bits per heavy atom. The summed E-state index contributed by atoms with van der Waals surface area (Å²) in [7, 11) is 1.56. The molecule has 1 rings (SSSR count). The van der Waals surface area contributed by atoms with E-state index in [0.29, 0.717) is 22.9 Å². The van der Waals surface area contributed by atoms with Gasteiger partial charge in [0.1, 0.15) is 5.75 Å². The molecule has 1 aromatic rings. The number of benzene rings is 1. The summed E-state index contributed by atoms with van der Waals surface area (Å²) in [5, 5.41) is 0.532. The lowest BCUT2D eigenvalue weighted by Crippen LogP contribution is -2.09. The lowest BCUT2D eigenvalue weighted by Gasteiger charge is -2.11. The first-order valence-electron chi connectivity index (χ1n) is 5.07. The Morgan fingerprint density at radius 2 is 2.12 bits per heavy atom. The van der Waals surface area contributed by atoms with Gasteiger partial charge in [-0.15, -0.1) is 0 Å². The molecule has 0 saturated heterocycles. The number of methoxy groups -OCH3 is 1. The smallest absolute Gasteiger partial charge is 0.310 e. The lowest BCUT2D eigenvalue weighted by molar-refractivity contribution is -0.142. The van der Waals surface area contributed by atoms with E-state index in [4.69, 9.17) is 21.1 Å². The molecule has 0 aliphatic heterocycles. The fourth-order valence-electron chi connectivity index (χ4n) is 1.45. The molecule has 1 aromatic carbocycles. The van der Waals surface area contributed by atoms with E-state index < -0.39 is 0 Å². The Morgan fingerprint density at radius 3 is 2.69 bits per heavy atom. The molecule has 3 nitrogen and oxygen atoms in total. The normalized spacial score (nSPS) is 10.0. The van der Waals surface area contributed by atoms with E-state index in [0.717, 1.165) is 5.56 Å². The molecule has 0 amide bonds. The van der Waals surface area contributed by atoms with Crippen LogP contribution < -0.4 is 4.74 Å². The maximum absolute atomic E-state index is 11.4. The van der Waals surface area contributed by atoms with Gasteiger partial charge in [0.2, 0.25) is 0 Å². The lowest BCUT2D eigenvalue weighted by atomic mass is 10.1. The first-order valence-corrected chi connectivity index (χ1v) is 5.45. The molecule has 0 aromatic heterocycles. The van der Waals surface area contributed by atoms with Crippen molar-refractivity contribution in [1.29, 1.82) is 0 Å². The van der Waals surface area contributed by atoms with Crippen molar-refractivity contribution in [3.63, 3.8) is 0 Å². The maximum Gasteiger partial charge on any atom is 0.310 e. The second-order valence-electron chi connectivity index (χ2n) is 3.41. The largest absolute Gasteiger partial charge is 0.496 e. The molecule has 0 aliphatic carbocycles. The molecule has 0 heterocycles. The van der Waals surface area contributed by atoms with E-state index in [9.17, 15) is 4.79 Å². The Hall–Kier alpha value is -1.22. The second-order valence-corrected chi connectivity index (χ2v) is 3.82. The summed E-state index contributed by atoms with van der Waals surface area (Å²) in [6, 6.07) is 3.65. The third kappa shape index (κ3) is 3.14. The highest BCUT2D eigenvalue weighted by molar-refractivity contribution is 6.31. The summed E-state index contributed by atoms with van der Waals surface area (Å²) in [6.45, 7) is 4.05. The molecule has 0 saturated carbocycles. The Labute approximate surface area is 100 Å². The Balaban J connectivity index is 2.98. The van der Waals surface area contributed by atoms with Crippen LogP contribution in [0.15, 0.2) is 12.1 Å². The summed E-state index contributed by atoms with van der Waals surface area (Å²) >= 11 is 6.07. The zero-order valence-electron chi connectivity index (χ0n) is 9.67. The van der Waals surface area contributed by atoms with Crippen molar-refractivity contribution < 1.29 is 14.3 Å². The van der Waals surface area contributed by atoms with Crippen molar-refractivity contribution in [1.82, 2.24) is 0 Å². The molecule has 0 radical (unpaired) electrons. The van der Waals surface area contributed by atoms with E-state index in [1.165, 1.54) is 0 Å². The van der Waals surface area contributed by atoms with Crippen LogP contribution in [-0.4, -0.2) is 19.7 Å². The van der Waals surface area contributed by atoms with Gasteiger partial charge in [-0.2, -0.15) is 0 Å². The third-order valence-corrected chi connectivity index (χ3v) is 2.48. The van der Waals surface area contributed by atoms with Gasteiger partial charge in [-0.3, -0.25) is 4.79 Å². The summed E-state index contributed by atoms with van der Waals surface area (Å²) in [5.74, 6) is 0.324. The van der Waals surface area contributed by atoms with E-state index in [1.807, 2.05) is 13.0 Å². The highest BCUT2D eigenvalue weighted by atomic mass is 35.5. The molecule has 0 fully saturated rings. The van der Waals surface area contributed by atoms with Gasteiger partial charge < -0.3 is 9.47 Å². The minimum Gasteiger partial charge on any atom is -0.496 e. The number of halogens is 1. The minimum absolute atomic E-state index is 0.135.